The number of carbonyl (C=O) groups excluding carboxylic acids is 2. The van der Waals surface area contributed by atoms with Crippen LogP contribution in [0.5, 0.6) is 5.75 Å². The summed E-state index contributed by atoms with van der Waals surface area (Å²) in [6, 6.07) is 23.7. The van der Waals surface area contributed by atoms with E-state index in [2.05, 4.69) is 17.2 Å². The van der Waals surface area contributed by atoms with Crippen molar-refractivity contribution in [3.8, 4) is 5.75 Å². The highest BCUT2D eigenvalue weighted by Gasteiger charge is 2.13. The number of benzene rings is 3. The first-order chi connectivity index (χ1) is 15.1. The zero-order valence-corrected chi connectivity index (χ0v) is 17.4. The lowest BCUT2D eigenvalue weighted by Gasteiger charge is -2.17. The zero-order chi connectivity index (χ0) is 22.1. The Morgan fingerprint density at radius 3 is 2.42 bits per heavy atom. The molecule has 0 bridgehead atoms. The molecule has 0 fully saturated rings. The van der Waals surface area contributed by atoms with E-state index in [0.717, 1.165) is 11.4 Å². The average Bonchev–Trinajstić information content (AvgIpc) is 2.81. The van der Waals surface area contributed by atoms with Crippen molar-refractivity contribution in [2.24, 2.45) is 0 Å². The molecular weight excluding hydrogens is 390 g/mol. The number of para-hydroxylation sites is 1. The van der Waals surface area contributed by atoms with Crippen molar-refractivity contribution in [1.29, 1.82) is 0 Å². The molecule has 0 radical (unpaired) electrons. The van der Waals surface area contributed by atoms with E-state index in [-0.39, 0.29) is 18.4 Å². The fourth-order valence-electron chi connectivity index (χ4n) is 2.90. The molecule has 158 valence electrons. The fourth-order valence-corrected chi connectivity index (χ4v) is 2.90. The van der Waals surface area contributed by atoms with E-state index in [0.29, 0.717) is 23.6 Å². The van der Waals surface area contributed by atoms with Gasteiger partial charge in [0.25, 0.3) is 5.91 Å². The van der Waals surface area contributed by atoms with Crippen LogP contribution >= 0.6 is 0 Å². The smallest absolute Gasteiger partial charge is 0.258 e. The number of carbonyl (C=O) groups is 2. The minimum Gasteiger partial charge on any atom is -0.489 e. The molecule has 2 amide bonds. The van der Waals surface area contributed by atoms with E-state index in [9.17, 15) is 9.59 Å². The van der Waals surface area contributed by atoms with E-state index in [4.69, 9.17) is 4.74 Å². The van der Waals surface area contributed by atoms with E-state index in [1.54, 1.807) is 54.4 Å². The van der Waals surface area contributed by atoms with E-state index < -0.39 is 0 Å². The molecule has 3 rings (SSSR count). The Bertz CT molecular complexity index is 1030. The average molecular weight is 415 g/mol. The first-order valence-electron chi connectivity index (χ1n) is 9.87. The zero-order valence-electron chi connectivity index (χ0n) is 17.4. The first-order valence-corrected chi connectivity index (χ1v) is 9.87. The quantitative estimate of drug-likeness (QED) is 0.502. The Morgan fingerprint density at radius 2 is 1.71 bits per heavy atom. The topological polar surface area (TPSA) is 70.7 Å². The van der Waals surface area contributed by atoms with Crippen molar-refractivity contribution in [1.82, 2.24) is 0 Å². The Morgan fingerprint density at radius 1 is 0.968 bits per heavy atom. The van der Waals surface area contributed by atoms with Crippen LogP contribution < -0.4 is 20.3 Å². The predicted octanol–water partition coefficient (Wildman–Crippen LogP) is 4.58. The fraction of sp³-hybridized carbons (Fsp3) is 0.120. The number of nitrogens with zero attached hydrogens (tertiary/aromatic N) is 1. The number of anilines is 3. The lowest BCUT2D eigenvalue weighted by molar-refractivity contribution is -0.114. The summed E-state index contributed by atoms with van der Waals surface area (Å²) in [7, 11) is 1.74. The number of hydrogen-bond acceptors (Lipinski definition) is 4. The van der Waals surface area contributed by atoms with Crippen LogP contribution in [0.25, 0.3) is 0 Å². The molecule has 0 aromatic heterocycles. The van der Waals surface area contributed by atoms with Crippen LogP contribution in [0.1, 0.15) is 10.4 Å². The number of rotatable bonds is 9. The second kappa shape index (κ2) is 10.6. The van der Waals surface area contributed by atoms with E-state index >= 15 is 0 Å². The van der Waals surface area contributed by atoms with Crippen molar-refractivity contribution >= 4 is 28.9 Å². The number of ether oxygens (including phenoxy) is 1. The summed E-state index contributed by atoms with van der Waals surface area (Å²) in [5.41, 5.74) is 2.79. The normalized spacial score (nSPS) is 10.1. The van der Waals surface area contributed by atoms with Gasteiger partial charge in [0.15, 0.2) is 0 Å². The van der Waals surface area contributed by atoms with Crippen molar-refractivity contribution in [2.75, 3.05) is 35.7 Å². The first kappa shape index (κ1) is 21.6. The lowest BCUT2D eigenvalue weighted by Crippen LogP contribution is -2.26. The van der Waals surface area contributed by atoms with Crippen LogP contribution in [-0.4, -0.2) is 32.0 Å². The van der Waals surface area contributed by atoms with Gasteiger partial charge in [0, 0.05) is 35.7 Å². The Hall–Kier alpha value is -4.06. The van der Waals surface area contributed by atoms with Gasteiger partial charge < -0.3 is 20.3 Å². The number of nitrogens with one attached hydrogen (secondary N) is 2. The summed E-state index contributed by atoms with van der Waals surface area (Å²) < 4.78 is 5.47. The van der Waals surface area contributed by atoms with Crippen LogP contribution in [0.2, 0.25) is 0 Å². The summed E-state index contributed by atoms with van der Waals surface area (Å²) in [5, 5.41) is 5.88. The van der Waals surface area contributed by atoms with Crippen molar-refractivity contribution < 1.29 is 14.3 Å². The summed E-state index contributed by atoms with van der Waals surface area (Å²) in [5.74, 6) is 0.366. The van der Waals surface area contributed by atoms with Crippen molar-refractivity contribution in [3.05, 3.63) is 97.1 Å². The van der Waals surface area contributed by atoms with Crippen LogP contribution in [-0.2, 0) is 4.79 Å². The second-order valence-corrected chi connectivity index (χ2v) is 6.81. The highest BCUT2D eigenvalue weighted by Crippen LogP contribution is 2.18. The monoisotopic (exact) mass is 415 g/mol. The molecule has 0 unspecified atom stereocenters. The maximum Gasteiger partial charge on any atom is 0.258 e. The van der Waals surface area contributed by atoms with Crippen LogP contribution in [0, 0.1) is 0 Å². The van der Waals surface area contributed by atoms with Crippen LogP contribution in [0.4, 0.5) is 17.1 Å². The summed E-state index contributed by atoms with van der Waals surface area (Å²) >= 11 is 0. The van der Waals surface area contributed by atoms with Gasteiger partial charge in [-0.2, -0.15) is 0 Å². The van der Waals surface area contributed by atoms with Crippen molar-refractivity contribution in [3.63, 3.8) is 0 Å². The molecule has 6 heteroatoms. The SMILES string of the molecule is C=CCOc1cccc(NC(=O)CNc2ccc(C(=O)N(C)c3ccccc3)cc2)c1. The van der Waals surface area contributed by atoms with Gasteiger partial charge in [0.1, 0.15) is 12.4 Å². The third-order valence-corrected chi connectivity index (χ3v) is 4.52. The lowest BCUT2D eigenvalue weighted by atomic mass is 10.1. The molecule has 2 N–H and O–H groups in total. The molecule has 0 saturated carbocycles. The molecule has 0 heterocycles. The summed E-state index contributed by atoms with van der Waals surface area (Å²) in [6.07, 6.45) is 1.66. The molecule has 0 aliphatic heterocycles. The predicted molar refractivity (Wildman–Crippen MR) is 125 cm³/mol. The largest absolute Gasteiger partial charge is 0.489 e. The molecule has 3 aromatic rings. The standard InChI is InChI=1S/C25H25N3O3/c1-3-16-31-23-11-7-8-21(17-23)27-24(29)18-26-20-14-12-19(13-15-20)25(30)28(2)22-9-5-4-6-10-22/h3-15,17,26H,1,16,18H2,2H3,(H,27,29). The van der Waals surface area contributed by atoms with Crippen LogP contribution in [0.15, 0.2) is 91.5 Å². The third-order valence-electron chi connectivity index (χ3n) is 4.52. The Labute approximate surface area is 182 Å². The Kier molecular flexibility index (Phi) is 7.43. The molecule has 0 aliphatic rings. The van der Waals surface area contributed by atoms with Gasteiger partial charge >= 0.3 is 0 Å². The third kappa shape index (κ3) is 6.21. The minimum absolute atomic E-state index is 0.0922. The summed E-state index contributed by atoms with van der Waals surface area (Å²) in [4.78, 5) is 26.5. The molecular formula is C25H25N3O3. The minimum atomic E-state index is -0.190. The van der Waals surface area contributed by atoms with Gasteiger partial charge in [0.05, 0.1) is 6.54 Å². The van der Waals surface area contributed by atoms with Gasteiger partial charge in [-0.1, -0.05) is 36.9 Å². The highest BCUT2D eigenvalue weighted by atomic mass is 16.5. The molecule has 0 atom stereocenters. The molecule has 0 saturated heterocycles. The molecule has 6 nitrogen and oxygen atoms in total. The van der Waals surface area contributed by atoms with E-state index in [1.165, 1.54) is 0 Å². The van der Waals surface area contributed by atoms with Gasteiger partial charge in [0.2, 0.25) is 5.91 Å². The van der Waals surface area contributed by atoms with Gasteiger partial charge in [-0.3, -0.25) is 9.59 Å². The second-order valence-electron chi connectivity index (χ2n) is 6.81. The molecule has 0 spiro atoms. The molecule has 0 aliphatic carbocycles. The number of hydrogen-bond donors (Lipinski definition) is 2. The maximum atomic E-state index is 12.6. The maximum absolute atomic E-state index is 12.6. The molecule has 31 heavy (non-hydrogen) atoms. The highest BCUT2D eigenvalue weighted by molar-refractivity contribution is 6.05. The number of amides is 2. The van der Waals surface area contributed by atoms with Crippen molar-refractivity contribution in [2.45, 2.75) is 0 Å². The Balaban J connectivity index is 1.52. The van der Waals surface area contributed by atoms with Crippen LogP contribution in [0.3, 0.4) is 0 Å². The van der Waals surface area contributed by atoms with Gasteiger partial charge in [-0.25, -0.2) is 0 Å². The van der Waals surface area contributed by atoms with E-state index in [1.807, 2.05) is 42.5 Å². The van der Waals surface area contributed by atoms with Gasteiger partial charge in [-0.05, 0) is 48.5 Å². The van der Waals surface area contributed by atoms with Gasteiger partial charge in [-0.15, -0.1) is 0 Å². The molecule has 3 aromatic carbocycles. The summed E-state index contributed by atoms with van der Waals surface area (Å²) in [6.45, 7) is 4.11.